The van der Waals surface area contributed by atoms with Crippen LogP contribution >= 0.6 is 0 Å². The molecule has 0 saturated carbocycles. The number of nitrogens with one attached hydrogen (secondary N) is 1. The predicted molar refractivity (Wildman–Crippen MR) is 84.8 cm³/mol. The monoisotopic (exact) mass is 284 g/mol. The van der Waals surface area contributed by atoms with Gasteiger partial charge in [-0.25, -0.2) is 4.98 Å². The Hall–Kier alpha value is -2.17. The largest absolute Gasteiger partial charge is 0.355 e. The Labute approximate surface area is 124 Å². The van der Waals surface area contributed by atoms with E-state index in [1.807, 2.05) is 6.07 Å². The third kappa shape index (κ3) is 2.22. The number of amides is 1. The van der Waals surface area contributed by atoms with Gasteiger partial charge in [-0.1, -0.05) is 13.0 Å². The molecule has 1 aliphatic rings. The van der Waals surface area contributed by atoms with Crippen LogP contribution in [-0.2, 0) is 4.79 Å². The van der Waals surface area contributed by atoms with Crippen molar-refractivity contribution in [1.29, 1.82) is 0 Å². The quantitative estimate of drug-likeness (QED) is 0.941. The van der Waals surface area contributed by atoms with Gasteiger partial charge in [-0.2, -0.15) is 0 Å². The average molecular weight is 284 g/mol. The molecule has 0 aliphatic carbocycles. The Morgan fingerprint density at radius 3 is 2.86 bits per heavy atom. The highest BCUT2D eigenvalue weighted by Crippen LogP contribution is 2.38. The van der Waals surface area contributed by atoms with Crippen LogP contribution in [-0.4, -0.2) is 29.0 Å². The molecule has 0 aromatic carbocycles. The molecule has 1 aliphatic heterocycles. The first kappa shape index (κ1) is 13.8. The minimum atomic E-state index is 0.0382. The number of rotatable bonds is 3. The summed E-state index contributed by atoms with van der Waals surface area (Å²) in [4.78, 5) is 23.2. The molecule has 2 aromatic heterocycles. The van der Waals surface area contributed by atoms with Crippen molar-refractivity contribution < 1.29 is 4.79 Å². The highest BCUT2D eigenvalue weighted by molar-refractivity contribution is 6.01. The van der Waals surface area contributed by atoms with E-state index in [4.69, 9.17) is 4.98 Å². The van der Waals surface area contributed by atoms with Crippen molar-refractivity contribution in [2.75, 3.05) is 23.3 Å². The molecule has 0 bridgehead atoms. The zero-order chi connectivity index (χ0) is 15.0. The molecule has 2 aromatic rings. The maximum absolute atomic E-state index is 11.8. The molecule has 0 fully saturated rings. The minimum Gasteiger partial charge on any atom is -0.355 e. The van der Waals surface area contributed by atoms with Crippen molar-refractivity contribution in [1.82, 2.24) is 9.97 Å². The lowest BCUT2D eigenvalue weighted by molar-refractivity contribution is -0.116. The highest BCUT2D eigenvalue weighted by Gasteiger charge is 2.27. The van der Waals surface area contributed by atoms with E-state index in [9.17, 15) is 4.79 Å². The van der Waals surface area contributed by atoms with E-state index in [0.717, 1.165) is 35.4 Å². The molecule has 110 valence electrons. The van der Waals surface area contributed by atoms with Gasteiger partial charge in [0.1, 0.15) is 11.3 Å². The van der Waals surface area contributed by atoms with Crippen molar-refractivity contribution >= 4 is 28.4 Å². The number of aromatic nitrogens is 2. The summed E-state index contributed by atoms with van der Waals surface area (Å²) >= 11 is 0. The predicted octanol–water partition coefficient (Wildman–Crippen LogP) is 2.92. The Morgan fingerprint density at radius 1 is 1.38 bits per heavy atom. The van der Waals surface area contributed by atoms with E-state index < -0.39 is 0 Å². The van der Waals surface area contributed by atoms with Crippen molar-refractivity contribution in [3.8, 4) is 0 Å². The number of nitrogens with zero attached hydrogens (tertiary/aromatic N) is 3. The Morgan fingerprint density at radius 2 is 2.14 bits per heavy atom. The Balaban J connectivity index is 2.31. The highest BCUT2D eigenvalue weighted by atomic mass is 16.1. The van der Waals surface area contributed by atoms with Crippen LogP contribution < -0.4 is 10.2 Å². The lowest BCUT2D eigenvalue weighted by Crippen LogP contribution is -2.27. The zero-order valence-corrected chi connectivity index (χ0v) is 12.7. The maximum atomic E-state index is 11.8. The van der Waals surface area contributed by atoms with Crippen LogP contribution in [0.1, 0.15) is 38.7 Å². The van der Waals surface area contributed by atoms with Crippen LogP contribution in [0.25, 0.3) is 10.9 Å². The zero-order valence-electron chi connectivity index (χ0n) is 12.7. The van der Waals surface area contributed by atoms with E-state index in [1.54, 1.807) is 6.20 Å². The summed E-state index contributed by atoms with van der Waals surface area (Å²) in [6.07, 6.45) is 2.30. The molecule has 0 spiro atoms. The smallest absolute Gasteiger partial charge is 0.226 e. The number of hydrogen-bond donors (Lipinski definition) is 1. The molecule has 0 saturated heterocycles. The summed E-state index contributed by atoms with van der Waals surface area (Å²) in [6.45, 7) is 7.99. The van der Waals surface area contributed by atoms with Crippen LogP contribution in [0.3, 0.4) is 0 Å². The molecule has 1 unspecified atom stereocenters. The molecule has 5 heteroatoms. The van der Waals surface area contributed by atoms with Gasteiger partial charge in [0.2, 0.25) is 5.91 Å². The minimum absolute atomic E-state index is 0.0382. The first-order valence-corrected chi connectivity index (χ1v) is 7.49. The van der Waals surface area contributed by atoms with Gasteiger partial charge in [0.05, 0.1) is 0 Å². The molecule has 1 atom stereocenters. The molecule has 1 N–H and O–H groups in total. The third-order valence-electron chi connectivity index (χ3n) is 4.09. The maximum Gasteiger partial charge on any atom is 0.226 e. The van der Waals surface area contributed by atoms with Crippen LogP contribution in [0.4, 0.5) is 11.6 Å². The van der Waals surface area contributed by atoms with Crippen LogP contribution in [0.15, 0.2) is 18.3 Å². The van der Waals surface area contributed by atoms with Gasteiger partial charge in [-0.05, 0) is 25.8 Å². The van der Waals surface area contributed by atoms with Crippen molar-refractivity contribution in [3.63, 3.8) is 0 Å². The second-order valence-electron chi connectivity index (χ2n) is 5.42. The van der Waals surface area contributed by atoms with E-state index in [2.05, 4.69) is 42.0 Å². The second kappa shape index (κ2) is 5.31. The van der Waals surface area contributed by atoms with Crippen molar-refractivity contribution in [3.05, 3.63) is 23.9 Å². The van der Waals surface area contributed by atoms with Gasteiger partial charge < -0.3 is 10.2 Å². The Bertz CT molecular complexity index is 694. The fraction of sp³-hybridized carbons (Fsp3) is 0.438. The molecule has 1 amide bonds. The van der Waals surface area contributed by atoms with Crippen LogP contribution in [0.5, 0.6) is 0 Å². The van der Waals surface area contributed by atoms with Crippen LogP contribution in [0, 0.1) is 0 Å². The normalized spacial score (nSPS) is 17.5. The fourth-order valence-corrected chi connectivity index (χ4v) is 3.05. The lowest BCUT2D eigenvalue weighted by Gasteiger charge is -2.27. The van der Waals surface area contributed by atoms with E-state index >= 15 is 0 Å². The SMILES string of the molecule is CCN(CC)c1nc2c(c3cccnc13)C(C)CC(=O)N2. The molecular formula is C16H20N4O. The molecule has 21 heavy (non-hydrogen) atoms. The number of hydrogen-bond acceptors (Lipinski definition) is 4. The summed E-state index contributed by atoms with van der Waals surface area (Å²) in [5, 5.41) is 4.02. The summed E-state index contributed by atoms with van der Waals surface area (Å²) in [5.74, 6) is 1.75. The number of carbonyl (C=O) groups is 1. The third-order valence-corrected chi connectivity index (χ3v) is 4.09. The average Bonchev–Trinajstić information content (AvgIpc) is 2.47. The van der Waals surface area contributed by atoms with Gasteiger partial charge in [0.15, 0.2) is 5.82 Å². The number of carbonyl (C=O) groups excluding carboxylic acids is 1. The van der Waals surface area contributed by atoms with E-state index in [0.29, 0.717) is 12.2 Å². The molecular weight excluding hydrogens is 264 g/mol. The van der Waals surface area contributed by atoms with Gasteiger partial charge in [0, 0.05) is 36.7 Å². The van der Waals surface area contributed by atoms with Crippen molar-refractivity contribution in [2.45, 2.75) is 33.1 Å². The summed E-state index contributed by atoms with van der Waals surface area (Å²) in [5.41, 5.74) is 2.02. The van der Waals surface area contributed by atoms with Gasteiger partial charge in [-0.15, -0.1) is 0 Å². The first-order chi connectivity index (χ1) is 10.2. The Kier molecular flexibility index (Phi) is 3.49. The topological polar surface area (TPSA) is 58.1 Å². The molecule has 3 rings (SSSR count). The number of fused-ring (bicyclic) bond motifs is 3. The second-order valence-corrected chi connectivity index (χ2v) is 5.42. The number of pyridine rings is 2. The van der Waals surface area contributed by atoms with Gasteiger partial charge in [0.25, 0.3) is 0 Å². The fourth-order valence-electron chi connectivity index (χ4n) is 3.05. The summed E-state index contributed by atoms with van der Waals surface area (Å²) < 4.78 is 0. The van der Waals surface area contributed by atoms with E-state index in [1.165, 1.54) is 0 Å². The summed E-state index contributed by atoms with van der Waals surface area (Å²) in [7, 11) is 0. The lowest BCUT2D eigenvalue weighted by atomic mass is 9.91. The standard InChI is InChI=1S/C16H20N4O/c1-4-20(5-2)16-14-11(7-6-8-17-14)13-10(3)9-12(21)18-15(13)19-16/h6-8,10H,4-5,9H2,1-3H3,(H,18,19,21). The number of anilines is 2. The first-order valence-electron chi connectivity index (χ1n) is 7.49. The molecule has 5 nitrogen and oxygen atoms in total. The summed E-state index contributed by atoms with van der Waals surface area (Å²) in [6, 6.07) is 4.02. The van der Waals surface area contributed by atoms with Gasteiger partial charge >= 0.3 is 0 Å². The van der Waals surface area contributed by atoms with Crippen molar-refractivity contribution in [2.24, 2.45) is 0 Å². The van der Waals surface area contributed by atoms with Gasteiger partial charge in [-0.3, -0.25) is 9.78 Å². The van der Waals surface area contributed by atoms with Crippen LogP contribution in [0.2, 0.25) is 0 Å². The van der Waals surface area contributed by atoms with E-state index in [-0.39, 0.29) is 11.8 Å². The molecule has 3 heterocycles. The molecule has 0 radical (unpaired) electrons.